The van der Waals surface area contributed by atoms with Gasteiger partial charge in [-0.1, -0.05) is 12.1 Å². The molecule has 1 heterocycles. The molecule has 23 heavy (non-hydrogen) atoms. The molecule has 1 aliphatic heterocycles. The Morgan fingerprint density at radius 2 is 1.78 bits per heavy atom. The van der Waals surface area contributed by atoms with Gasteiger partial charge < -0.3 is 15.0 Å². The number of sulfonamides is 1. The minimum atomic E-state index is -3.17. The molecule has 128 valence electrons. The molecular formula is C15H23N3O4S. The van der Waals surface area contributed by atoms with Crippen molar-refractivity contribution >= 4 is 16.1 Å². The van der Waals surface area contributed by atoms with Crippen LogP contribution in [0.25, 0.3) is 0 Å². The maximum Gasteiger partial charge on any atom is 0.317 e. The maximum absolute atomic E-state index is 12.1. The zero-order valence-electron chi connectivity index (χ0n) is 13.5. The number of hydrogen-bond donors (Lipinski definition) is 1. The predicted molar refractivity (Wildman–Crippen MR) is 88.1 cm³/mol. The summed E-state index contributed by atoms with van der Waals surface area (Å²) in [7, 11) is -1.55. The Balaban J connectivity index is 1.73. The molecule has 2 rings (SSSR count). The van der Waals surface area contributed by atoms with Gasteiger partial charge in [0.25, 0.3) is 0 Å². The molecule has 7 nitrogen and oxygen atoms in total. The average molecular weight is 341 g/mol. The van der Waals surface area contributed by atoms with Crippen molar-refractivity contribution in [2.45, 2.75) is 6.42 Å². The number of methoxy groups -OCH3 is 1. The summed E-state index contributed by atoms with van der Waals surface area (Å²) in [5.74, 6) is 0.807. The molecule has 0 radical (unpaired) electrons. The minimum absolute atomic E-state index is 0.147. The Morgan fingerprint density at radius 3 is 2.30 bits per heavy atom. The third-order valence-corrected chi connectivity index (χ3v) is 5.15. The van der Waals surface area contributed by atoms with Crippen molar-refractivity contribution in [1.29, 1.82) is 0 Å². The Hall–Kier alpha value is -1.80. The Labute approximate surface area is 137 Å². The number of nitrogens with one attached hydrogen (secondary N) is 1. The van der Waals surface area contributed by atoms with E-state index in [1.807, 2.05) is 24.3 Å². The lowest BCUT2D eigenvalue weighted by Gasteiger charge is -2.33. The number of benzene rings is 1. The summed E-state index contributed by atoms with van der Waals surface area (Å²) >= 11 is 0. The molecule has 0 saturated carbocycles. The molecule has 0 bridgehead atoms. The average Bonchev–Trinajstić information content (AvgIpc) is 2.54. The molecule has 0 aliphatic carbocycles. The largest absolute Gasteiger partial charge is 0.497 e. The van der Waals surface area contributed by atoms with Crippen molar-refractivity contribution in [2.75, 3.05) is 46.1 Å². The van der Waals surface area contributed by atoms with Gasteiger partial charge in [-0.2, -0.15) is 4.31 Å². The second-order valence-electron chi connectivity index (χ2n) is 5.48. The first-order valence-corrected chi connectivity index (χ1v) is 9.36. The highest BCUT2D eigenvalue weighted by molar-refractivity contribution is 7.88. The molecule has 2 amide bonds. The van der Waals surface area contributed by atoms with E-state index in [2.05, 4.69) is 5.32 Å². The van der Waals surface area contributed by atoms with E-state index in [1.165, 1.54) is 10.6 Å². The van der Waals surface area contributed by atoms with Crippen LogP contribution in [0.3, 0.4) is 0 Å². The summed E-state index contributed by atoms with van der Waals surface area (Å²) < 4.78 is 29.4. The molecular weight excluding hydrogens is 318 g/mol. The SMILES string of the molecule is COc1ccc(CCNC(=O)N2CCN(S(C)(=O)=O)CC2)cc1. The lowest BCUT2D eigenvalue weighted by Crippen LogP contribution is -2.53. The quantitative estimate of drug-likeness (QED) is 0.847. The topological polar surface area (TPSA) is 79.0 Å². The zero-order valence-corrected chi connectivity index (χ0v) is 14.3. The second kappa shape index (κ2) is 7.65. The number of piperazine rings is 1. The molecule has 8 heteroatoms. The van der Waals surface area contributed by atoms with Gasteiger partial charge in [0.2, 0.25) is 10.0 Å². The minimum Gasteiger partial charge on any atom is -0.497 e. The molecule has 1 aromatic rings. The Kier molecular flexibility index (Phi) is 5.84. The van der Waals surface area contributed by atoms with Gasteiger partial charge in [-0.05, 0) is 24.1 Å². The highest BCUT2D eigenvalue weighted by atomic mass is 32.2. The van der Waals surface area contributed by atoms with E-state index >= 15 is 0 Å². The monoisotopic (exact) mass is 341 g/mol. The number of rotatable bonds is 5. The first-order chi connectivity index (χ1) is 10.9. The van der Waals surface area contributed by atoms with Gasteiger partial charge in [0.1, 0.15) is 5.75 Å². The van der Waals surface area contributed by atoms with Gasteiger partial charge in [0.15, 0.2) is 0 Å². The molecule has 0 atom stereocenters. The van der Waals surface area contributed by atoms with Crippen LogP contribution in [-0.2, 0) is 16.4 Å². The van der Waals surface area contributed by atoms with Crippen LogP contribution in [0.15, 0.2) is 24.3 Å². The standard InChI is InChI=1S/C15H23N3O4S/c1-22-14-5-3-13(4-6-14)7-8-16-15(19)17-9-11-18(12-10-17)23(2,20)21/h3-6H,7-12H2,1-2H3,(H,16,19). The highest BCUT2D eigenvalue weighted by Crippen LogP contribution is 2.11. The molecule has 1 aliphatic rings. The Bertz CT molecular complexity index is 623. The van der Waals surface area contributed by atoms with Crippen LogP contribution < -0.4 is 10.1 Å². The van der Waals surface area contributed by atoms with Gasteiger partial charge in [0, 0.05) is 32.7 Å². The van der Waals surface area contributed by atoms with Crippen molar-refractivity contribution in [2.24, 2.45) is 0 Å². The van der Waals surface area contributed by atoms with Crippen LogP contribution in [-0.4, -0.2) is 69.7 Å². The fourth-order valence-corrected chi connectivity index (χ4v) is 3.27. The zero-order chi connectivity index (χ0) is 16.9. The molecule has 0 unspecified atom stereocenters. The van der Waals surface area contributed by atoms with Crippen molar-refractivity contribution in [3.8, 4) is 5.75 Å². The van der Waals surface area contributed by atoms with E-state index in [0.29, 0.717) is 32.7 Å². The predicted octanol–water partition coefficient (Wildman–Crippen LogP) is 0.525. The number of amides is 2. The molecule has 0 spiro atoms. The van der Waals surface area contributed by atoms with Crippen LogP contribution in [0.1, 0.15) is 5.56 Å². The van der Waals surface area contributed by atoms with Crippen molar-refractivity contribution in [3.63, 3.8) is 0 Å². The van der Waals surface area contributed by atoms with Crippen LogP contribution in [0, 0.1) is 0 Å². The molecule has 0 aromatic heterocycles. The van der Waals surface area contributed by atoms with Crippen LogP contribution >= 0.6 is 0 Å². The van der Waals surface area contributed by atoms with Crippen LogP contribution in [0.4, 0.5) is 4.79 Å². The maximum atomic E-state index is 12.1. The summed E-state index contributed by atoms with van der Waals surface area (Å²) in [6, 6.07) is 7.57. The fourth-order valence-electron chi connectivity index (χ4n) is 2.44. The lowest BCUT2D eigenvalue weighted by molar-refractivity contribution is 0.172. The van der Waals surface area contributed by atoms with Crippen molar-refractivity contribution in [1.82, 2.24) is 14.5 Å². The van der Waals surface area contributed by atoms with Crippen molar-refractivity contribution < 1.29 is 17.9 Å². The smallest absolute Gasteiger partial charge is 0.317 e. The van der Waals surface area contributed by atoms with Crippen LogP contribution in [0.2, 0.25) is 0 Å². The first-order valence-electron chi connectivity index (χ1n) is 7.51. The second-order valence-corrected chi connectivity index (χ2v) is 7.46. The van der Waals surface area contributed by atoms with Crippen molar-refractivity contribution in [3.05, 3.63) is 29.8 Å². The number of ether oxygens (including phenoxy) is 1. The van der Waals surface area contributed by atoms with E-state index in [1.54, 1.807) is 12.0 Å². The van der Waals surface area contributed by atoms with E-state index in [-0.39, 0.29) is 6.03 Å². The number of hydrogen-bond acceptors (Lipinski definition) is 4. The van der Waals surface area contributed by atoms with E-state index in [9.17, 15) is 13.2 Å². The van der Waals surface area contributed by atoms with Crippen LogP contribution in [0.5, 0.6) is 5.75 Å². The number of nitrogens with zero attached hydrogens (tertiary/aromatic N) is 2. The fraction of sp³-hybridized carbons (Fsp3) is 0.533. The van der Waals surface area contributed by atoms with E-state index in [0.717, 1.165) is 17.7 Å². The third kappa shape index (κ3) is 5.11. The lowest BCUT2D eigenvalue weighted by atomic mass is 10.1. The van der Waals surface area contributed by atoms with Gasteiger partial charge in [0.05, 0.1) is 13.4 Å². The third-order valence-electron chi connectivity index (χ3n) is 3.84. The number of carbonyl (C=O) groups excluding carboxylic acids is 1. The first kappa shape index (κ1) is 17.6. The van der Waals surface area contributed by atoms with Gasteiger partial charge >= 0.3 is 6.03 Å². The van der Waals surface area contributed by atoms with Gasteiger partial charge in [-0.25, -0.2) is 13.2 Å². The van der Waals surface area contributed by atoms with E-state index in [4.69, 9.17) is 4.74 Å². The molecule has 1 fully saturated rings. The summed E-state index contributed by atoms with van der Waals surface area (Å²) in [6.07, 6.45) is 1.93. The normalized spacial score (nSPS) is 16.2. The molecule has 1 N–H and O–H groups in total. The molecule has 1 aromatic carbocycles. The number of carbonyl (C=O) groups is 1. The Morgan fingerprint density at radius 1 is 1.17 bits per heavy atom. The molecule has 1 saturated heterocycles. The summed E-state index contributed by atoms with van der Waals surface area (Å²) in [5.41, 5.74) is 1.12. The summed E-state index contributed by atoms with van der Waals surface area (Å²) in [4.78, 5) is 13.7. The summed E-state index contributed by atoms with van der Waals surface area (Å²) in [6.45, 7) is 2.08. The van der Waals surface area contributed by atoms with Gasteiger partial charge in [-0.3, -0.25) is 0 Å². The summed E-state index contributed by atoms with van der Waals surface area (Å²) in [5, 5.41) is 2.87. The van der Waals surface area contributed by atoms with E-state index < -0.39 is 10.0 Å². The highest BCUT2D eigenvalue weighted by Gasteiger charge is 2.25. The van der Waals surface area contributed by atoms with Gasteiger partial charge in [-0.15, -0.1) is 0 Å². The number of urea groups is 1.